The fourth-order valence-electron chi connectivity index (χ4n) is 2.43. The van der Waals surface area contributed by atoms with Crippen molar-refractivity contribution in [3.05, 3.63) is 30.6 Å². The molecule has 1 aliphatic rings. The summed E-state index contributed by atoms with van der Waals surface area (Å²) in [6.45, 7) is 1.36. The maximum absolute atomic E-state index is 12.8. The van der Waals surface area contributed by atoms with E-state index in [9.17, 15) is 8.42 Å². The summed E-state index contributed by atoms with van der Waals surface area (Å²) in [6.07, 6.45) is 2.85. The highest BCUT2D eigenvalue weighted by Gasteiger charge is 2.32. The SMILES string of the molecule is COC[C@@H]1CN(S(=O)(=O)c2cnc3ccccn23)CCO1. The molecular weight excluding hydrogens is 294 g/mol. The lowest BCUT2D eigenvalue weighted by atomic mass is 10.3. The van der Waals surface area contributed by atoms with E-state index in [2.05, 4.69) is 4.98 Å². The molecule has 0 amide bonds. The second-order valence-electron chi connectivity index (χ2n) is 4.84. The second kappa shape index (κ2) is 5.72. The van der Waals surface area contributed by atoms with E-state index in [0.29, 0.717) is 25.4 Å². The third kappa shape index (κ3) is 2.67. The highest BCUT2D eigenvalue weighted by molar-refractivity contribution is 7.89. The smallest absolute Gasteiger partial charge is 0.260 e. The third-order valence-corrected chi connectivity index (χ3v) is 5.28. The van der Waals surface area contributed by atoms with Crippen LogP contribution in [0.5, 0.6) is 0 Å². The van der Waals surface area contributed by atoms with Gasteiger partial charge in [-0.25, -0.2) is 13.4 Å². The number of aromatic nitrogens is 2. The quantitative estimate of drug-likeness (QED) is 0.816. The Balaban J connectivity index is 1.93. The van der Waals surface area contributed by atoms with E-state index in [1.807, 2.05) is 6.07 Å². The number of hydrogen-bond donors (Lipinski definition) is 0. The molecule has 0 radical (unpaired) electrons. The van der Waals surface area contributed by atoms with Gasteiger partial charge in [0.05, 0.1) is 25.5 Å². The van der Waals surface area contributed by atoms with Crippen molar-refractivity contribution in [2.75, 3.05) is 33.4 Å². The van der Waals surface area contributed by atoms with Gasteiger partial charge in [0, 0.05) is 26.4 Å². The van der Waals surface area contributed by atoms with Crippen molar-refractivity contribution in [1.29, 1.82) is 0 Å². The maximum Gasteiger partial charge on any atom is 0.260 e. The van der Waals surface area contributed by atoms with Crippen molar-refractivity contribution < 1.29 is 17.9 Å². The number of morpholine rings is 1. The molecule has 8 heteroatoms. The summed E-state index contributed by atoms with van der Waals surface area (Å²) in [5.41, 5.74) is 0.609. The van der Waals surface area contributed by atoms with Crippen LogP contribution >= 0.6 is 0 Å². The summed E-state index contributed by atoms with van der Waals surface area (Å²) in [5, 5.41) is 0.177. The van der Waals surface area contributed by atoms with E-state index in [0.717, 1.165) is 0 Å². The van der Waals surface area contributed by atoms with Gasteiger partial charge in [0.2, 0.25) is 0 Å². The Labute approximate surface area is 123 Å². The summed E-state index contributed by atoms with van der Waals surface area (Å²) in [5.74, 6) is 0. The molecule has 2 aromatic heterocycles. The predicted octanol–water partition coefficient (Wildman–Crippen LogP) is 0.370. The Morgan fingerprint density at radius 2 is 2.33 bits per heavy atom. The highest BCUT2D eigenvalue weighted by Crippen LogP contribution is 2.20. The average Bonchev–Trinajstić information content (AvgIpc) is 2.92. The molecule has 2 aromatic rings. The first-order valence-corrected chi connectivity index (χ1v) is 8.09. The van der Waals surface area contributed by atoms with Crippen LogP contribution in [0.25, 0.3) is 5.65 Å². The standard InChI is InChI=1S/C13H17N3O4S/c1-19-10-11-9-15(6-7-20-11)21(17,18)13-8-14-12-4-2-3-5-16(12)13/h2-5,8,11H,6-7,9-10H2,1H3/t11-/m0/s1. The Kier molecular flexibility index (Phi) is 3.94. The molecular formula is C13H17N3O4S. The number of imidazole rings is 1. The lowest BCUT2D eigenvalue weighted by molar-refractivity contribution is -0.0407. The number of pyridine rings is 1. The van der Waals surface area contributed by atoms with Crippen LogP contribution in [-0.4, -0.2) is 61.6 Å². The molecule has 1 fully saturated rings. The van der Waals surface area contributed by atoms with Gasteiger partial charge in [-0.15, -0.1) is 0 Å². The zero-order valence-corrected chi connectivity index (χ0v) is 12.5. The first-order valence-electron chi connectivity index (χ1n) is 6.65. The number of nitrogens with zero attached hydrogens (tertiary/aromatic N) is 3. The van der Waals surface area contributed by atoms with Gasteiger partial charge >= 0.3 is 0 Å². The van der Waals surface area contributed by atoms with E-state index in [-0.39, 0.29) is 17.7 Å². The number of methoxy groups -OCH3 is 1. The summed E-state index contributed by atoms with van der Waals surface area (Å²) in [7, 11) is -2.03. The van der Waals surface area contributed by atoms with E-state index in [1.165, 1.54) is 10.5 Å². The molecule has 7 nitrogen and oxygen atoms in total. The molecule has 1 saturated heterocycles. The average molecular weight is 311 g/mol. The van der Waals surface area contributed by atoms with Gasteiger partial charge in [0.15, 0.2) is 5.03 Å². The molecule has 3 heterocycles. The van der Waals surface area contributed by atoms with E-state index in [1.54, 1.807) is 29.8 Å². The van der Waals surface area contributed by atoms with Crippen LogP contribution in [0.2, 0.25) is 0 Å². The van der Waals surface area contributed by atoms with Crippen LogP contribution in [0.15, 0.2) is 35.6 Å². The van der Waals surface area contributed by atoms with Gasteiger partial charge in [-0.05, 0) is 12.1 Å². The summed E-state index contributed by atoms with van der Waals surface area (Å²) < 4.78 is 39.1. The van der Waals surface area contributed by atoms with Gasteiger partial charge in [0.25, 0.3) is 10.0 Å². The Morgan fingerprint density at radius 1 is 1.48 bits per heavy atom. The first-order chi connectivity index (χ1) is 10.1. The van der Waals surface area contributed by atoms with Gasteiger partial charge in [-0.1, -0.05) is 6.07 Å². The molecule has 0 bridgehead atoms. The number of fused-ring (bicyclic) bond motifs is 1. The number of hydrogen-bond acceptors (Lipinski definition) is 5. The molecule has 1 aliphatic heterocycles. The van der Waals surface area contributed by atoms with E-state index >= 15 is 0 Å². The van der Waals surface area contributed by atoms with Crippen molar-refractivity contribution in [3.63, 3.8) is 0 Å². The van der Waals surface area contributed by atoms with Crippen molar-refractivity contribution in [1.82, 2.24) is 13.7 Å². The van der Waals surface area contributed by atoms with Crippen LogP contribution in [0.3, 0.4) is 0 Å². The number of rotatable bonds is 4. The van der Waals surface area contributed by atoms with Crippen molar-refractivity contribution in [2.45, 2.75) is 11.1 Å². The van der Waals surface area contributed by atoms with Crippen LogP contribution in [-0.2, 0) is 19.5 Å². The first kappa shape index (κ1) is 14.5. The predicted molar refractivity (Wildman–Crippen MR) is 75.6 cm³/mol. The molecule has 0 aromatic carbocycles. The lowest BCUT2D eigenvalue weighted by Gasteiger charge is -2.31. The Hall–Kier alpha value is -1.48. The number of sulfonamides is 1. The topological polar surface area (TPSA) is 73.1 Å². The van der Waals surface area contributed by atoms with Gasteiger partial charge < -0.3 is 9.47 Å². The monoisotopic (exact) mass is 311 g/mol. The van der Waals surface area contributed by atoms with Crippen LogP contribution in [0.1, 0.15) is 0 Å². The summed E-state index contributed by atoms with van der Waals surface area (Å²) >= 11 is 0. The summed E-state index contributed by atoms with van der Waals surface area (Å²) in [4.78, 5) is 4.14. The lowest BCUT2D eigenvalue weighted by Crippen LogP contribution is -2.47. The molecule has 1 atom stereocenters. The molecule has 0 N–H and O–H groups in total. The molecule has 114 valence electrons. The van der Waals surface area contributed by atoms with E-state index < -0.39 is 10.0 Å². The van der Waals surface area contributed by atoms with Crippen molar-refractivity contribution >= 4 is 15.7 Å². The van der Waals surface area contributed by atoms with Crippen molar-refractivity contribution in [3.8, 4) is 0 Å². The van der Waals surface area contributed by atoms with E-state index in [4.69, 9.17) is 9.47 Å². The zero-order chi connectivity index (χ0) is 14.9. The van der Waals surface area contributed by atoms with Crippen LogP contribution in [0, 0.1) is 0 Å². The fraction of sp³-hybridized carbons (Fsp3) is 0.462. The van der Waals surface area contributed by atoms with Gasteiger partial charge in [-0.3, -0.25) is 4.40 Å². The molecule has 3 rings (SSSR count). The second-order valence-corrected chi connectivity index (χ2v) is 6.72. The minimum Gasteiger partial charge on any atom is -0.382 e. The largest absolute Gasteiger partial charge is 0.382 e. The third-order valence-electron chi connectivity index (χ3n) is 3.44. The Morgan fingerprint density at radius 3 is 3.14 bits per heavy atom. The maximum atomic E-state index is 12.8. The molecule has 0 aliphatic carbocycles. The van der Waals surface area contributed by atoms with Crippen LogP contribution in [0.4, 0.5) is 0 Å². The normalized spacial score (nSPS) is 20.9. The minimum absolute atomic E-state index is 0.177. The number of ether oxygens (including phenoxy) is 2. The zero-order valence-electron chi connectivity index (χ0n) is 11.7. The van der Waals surface area contributed by atoms with Crippen molar-refractivity contribution in [2.24, 2.45) is 0 Å². The van der Waals surface area contributed by atoms with Gasteiger partial charge in [0.1, 0.15) is 5.65 Å². The molecule has 0 saturated carbocycles. The Bertz CT molecular complexity index is 726. The minimum atomic E-state index is -3.60. The van der Waals surface area contributed by atoms with Gasteiger partial charge in [-0.2, -0.15) is 4.31 Å². The highest BCUT2D eigenvalue weighted by atomic mass is 32.2. The molecule has 0 spiro atoms. The fourth-order valence-corrected chi connectivity index (χ4v) is 3.96. The molecule has 21 heavy (non-hydrogen) atoms. The molecule has 0 unspecified atom stereocenters. The van der Waals surface area contributed by atoms with Crippen LogP contribution < -0.4 is 0 Å². The summed E-state index contributed by atoms with van der Waals surface area (Å²) in [6, 6.07) is 5.37.